The summed E-state index contributed by atoms with van der Waals surface area (Å²) in [6, 6.07) is 13.4. The lowest BCUT2D eigenvalue weighted by atomic mass is 9.75. The molecule has 0 aromatic heterocycles. The SMILES string of the molecule is [C-]#[N+]c1ccc(N2C(=O)C3(CCC3)N(c3ccc(CCCC(N)=O)cc3)C2=S)cc1C. The van der Waals surface area contributed by atoms with Crippen LogP contribution >= 0.6 is 12.2 Å². The van der Waals surface area contributed by atoms with Gasteiger partial charge >= 0.3 is 0 Å². The van der Waals surface area contributed by atoms with Gasteiger partial charge in [-0.15, -0.1) is 0 Å². The van der Waals surface area contributed by atoms with Crippen LogP contribution < -0.4 is 15.5 Å². The number of aryl methyl sites for hydroxylation is 2. The van der Waals surface area contributed by atoms with E-state index in [1.54, 1.807) is 17.0 Å². The highest BCUT2D eigenvalue weighted by molar-refractivity contribution is 7.81. The maximum absolute atomic E-state index is 13.5. The Morgan fingerprint density at radius 3 is 2.42 bits per heavy atom. The van der Waals surface area contributed by atoms with E-state index in [2.05, 4.69) is 4.85 Å². The predicted octanol–water partition coefficient (Wildman–Crippen LogP) is 4.41. The molecule has 2 amide bonds. The Morgan fingerprint density at radius 2 is 1.87 bits per heavy atom. The zero-order chi connectivity index (χ0) is 22.2. The topological polar surface area (TPSA) is 71.0 Å². The van der Waals surface area contributed by atoms with Crippen LogP contribution in [0, 0.1) is 13.5 Å². The molecule has 1 aliphatic heterocycles. The molecule has 2 N–H and O–H groups in total. The Hall–Kier alpha value is -3.24. The summed E-state index contributed by atoms with van der Waals surface area (Å²) in [5.41, 5.74) is 8.71. The first-order chi connectivity index (χ1) is 14.9. The summed E-state index contributed by atoms with van der Waals surface area (Å²) in [7, 11) is 0. The number of rotatable bonds is 6. The number of hydrogen-bond donors (Lipinski definition) is 1. The van der Waals surface area contributed by atoms with Crippen LogP contribution in [0.3, 0.4) is 0 Å². The molecular weight excluding hydrogens is 408 g/mol. The zero-order valence-corrected chi connectivity index (χ0v) is 18.2. The van der Waals surface area contributed by atoms with E-state index in [4.69, 9.17) is 24.5 Å². The number of thiocarbonyl (C=S) groups is 1. The lowest BCUT2D eigenvalue weighted by Gasteiger charge is -2.43. The Morgan fingerprint density at radius 1 is 1.19 bits per heavy atom. The third-order valence-corrected chi connectivity index (χ3v) is 6.60. The molecule has 6 nitrogen and oxygen atoms in total. The van der Waals surface area contributed by atoms with E-state index in [1.165, 1.54) is 0 Å². The first-order valence-electron chi connectivity index (χ1n) is 10.4. The van der Waals surface area contributed by atoms with Crippen molar-refractivity contribution in [2.75, 3.05) is 9.80 Å². The minimum Gasteiger partial charge on any atom is -0.370 e. The van der Waals surface area contributed by atoms with Gasteiger partial charge in [-0.1, -0.05) is 18.2 Å². The molecular formula is C24H24N4O2S. The first-order valence-corrected chi connectivity index (χ1v) is 10.8. The minimum atomic E-state index is -0.628. The van der Waals surface area contributed by atoms with Gasteiger partial charge < -0.3 is 10.6 Å². The molecule has 2 aromatic rings. The number of nitrogens with zero attached hydrogens (tertiary/aromatic N) is 3. The molecule has 0 bridgehead atoms. The zero-order valence-electron chi connectivity index (χ0n) is 17.4. The number of nitrogens with two attached hydrogens (primary N) is 1. The molecule has 0 unspecified atom stereocenters. The monoisotopic (exact) mass is 432 g/mol. The van der Waals surface area contributed by atoms with E-state index in [0.29, 0.717) is 29.3 Å². The molecule has 31 heavy (non-hydrogen) atoms. The van der Waals surface area contributed by atoms with Gasteiger partial charge in [0.15, 0.2) is 10.8 Å². The molecule has 1 heterocycles. The molecule has 2 fully saturated rings. The lowest BCUT2D eigenvalue weighted by molar-refractivity contribution is -0.124. The summed E-state index contributed by atoms with van der Waals surface area (Å²) < 4.78 is 0. The highest BCUT2D eigenvalue weighted by atomic mass is 32.1. The van der Waals surface area contributed by atoms with Gasteiger partial charge in [-0.25, -0.2) is 4.85 Å². The summed E-state index contributed by atoms with van der Waals surface area (Å²) in [6.07, 6.45) is 4.38. The summed E-state index contributed by atoms with van der Waals surface area (Å²) in [5.74, 6) is -0.284. The lowest BCUT2D eigenvalue weighted by Crippen LogP contribution is -2.55. The third kappa shape index (κ3) is 3.57. The van der Waals surface area contributed by atoms with Crippen molar-refractivity contribution in [3.63, 3.8) is 0 Å². The van der Waals surface area contributed by atoms with Gasteiger partial charge in [0.2, 0.25) is 5.91 Å². The fraction of sp³-hybridized carbons (Fsp3) is 0.333. The van der Waals surface area contributed by atoms with Crippen LogP contribution in [0.25, 0.3) is 4.85 Å². The van der Waals surface area contributed by atoms with Crippen molar-refractivity contribution in [2.24, 2.45) is 5.73 Å². The van der Waals surface area contributed by atoms with Crippen LogP contribution in [0.1, 0.15) is 43.2 Å². The number of carbonyl (C=O) groups is 2. The van der Waals surface area contributed by atoms with Crippen LogP contribution in [0.4, 0.5) is 17.1 Å². The van der Waals surface area contributed by atoms with Crippen molar-refractivity contribution < 1.29 is 9.59 Å². The van der Waals surface area contributed by atoms with Crippen molar-refractivity contribution in [1.29, 1.82) is 0 Å². The van der Waals surface area contributed by atoms with E-state index in [1.807, 2.05) is 42.2 Å². The van der Waals surface area contributed by atoms with Crippen LogP contribution in [-0.4, -0.2) is 22.5 Å². The van der Waals surface area contributed by atoms with Gasteiger partial charge in [0.05, 0.1) is 6.57 Å². The Balaban J connectivity index is 1.63. The first kappa shape index (κ1) is 21.0. The van der Waals surface area contributed by atoms with E-state index in [9.17, 15) is 9.59 Å². The molecule has 2 aromatic carbocycles. The Labute approximate surface area is 187 Å². The van der Waals surface area contributed by atoms with E-state index < -0.39 is 5.54 Å². The number of anilines is 2. The van der Waals surface area contributed by atoms with Crippen molar-refractivity contribution in [1.82, 2.24) is 0 Å². The molecule has 1 saturated carbocycles. The normalized spacial score (nSPS) is 17.0. The average Bonchev–Trinajstić information content (AvgIpc) is 2.95. The maximum Gasteiger partial charge on any atom is 0.259 e. The molecule has 158 valence electrons. The molecule has 0 atom stereocenters. The fourth-order valence-electron chi connectivity index (χ4n) is 4.39. The van der Waals surface area contributed by atoms with Crippen molar-refractivity contribution in [2.45, 2.75) is 51.0 Å². The standard InChI is InChI=1S/C24H24N4O2S/c1-16-15-19(11-12-20(16)26-2)27-22(30)24(13-4-14-24)28(23(27)31)18-9-7-17(8-10-18)5-3-6-21(25)29/h7-12,15H,3-6,13-14H2,1H3,(H2,25,29). The smallest absolute Gasteiger partial charge is 0.259 e. The predicted molar refractivity (Wildman–Crippen MR) is 125 cm³/mol. The molecule has 1 aliphatic carbocycles. The summed E-state index contributed by atoms with van der Waals surface area (Å²) >= 11 is 5.81. The summed E-state index contributed by atoms with van der Waals surface area (Å²) in [4.78, 5) is 31.6. The van der Waals surface area contributed by atoms with Crippen molar-refractivity contribution >= 4 is 46.2 Å². The number of benzene rings is 2. The number of amides is 2. The minimum absolute atomic E-state index is 0.00393. The second-order valence-electron chi connectivity index (χ2n) is 8.21. The Kier molecular flexibility index (Phi) is 5.50. The summed E-state index contributed by atoms with van der Waals surface area (Å²) in [5, 5.41) is 0.473. The van der Waals surface area contributed by atoms with Gasteiger partial charge in [0.25, 0.3) is 5.91 Å². The number of primary amides is 1. The largest absolute Gasteiger partial charge is 0.370 e. The van der Waals surface area contributed by atoms with E-state index in [-0.39, 0.29) is 11.8 Å². The summed E-state index contributed by atoms with van der Waals surface area (Å²) in [6.45, 7) is 9.13. The molecule has 7 heteroatoms. The molecule has 4 rings (SSSR count). The second-order valence-corrected chi connectivity index (χ2v) is 8.58. The quantitative estimate of drug-likeness (QED) is 0.542. The van der Waals surface area contributed by atoms with Gasteiger partial charge in [0, 0.05) is 17.8 Å². The fourth-order valence-corrected chi connectivity index (χ4v) is 4.86. The van der Waals surface area contributed by atoms with Crippen LogP contribution in [0.2, 0.25) is 0 Å². The van der Waals surface area contributed by atoms with Crippen LogP contribution in [0.5, 0.6) is 0 Å². The maximum atomic E-state index is 13.5. The van der Waals surface area contributed by atoms with Crippen molar-refractivity contribution in [3.8, 4) is 0 Å². The molecule has 1 saturated heterocycles. The van der Waals surface area contributed by atoms with E-state index >= 15 is 0 Å². The third-order valence-electron chi connectivity index (χ3n) is 6.23. The number of carbonyl (C=O) groups excluding carboxylic acids is 2. The van der Waals surface area contributed by atoms with Crippen LogP contribution in [-0.2, 0) is 16.0 Å². The highest BCUT2D eigenvalue weighted by Crippen LogP contribution is 2.48. The molecule has 1 spiro atoms. The highest BCUT2D eigenvalue weighted by Gasteiger charge is 2.59. The molecule has 2 aliphatic rings. The van der Waals surface area contributed by atoms with Gasteiger partial charge in [-0.2, -0.15) is 0 Å². The van der Waals surface area contributed by atoms with Crippen molar-refractivity contribution in [3.05, 3.63) is 65.0 Å². The number of hydrogen-bond acceptors (Lipinski definition) is 3. The van der Waals surface area contributed by atoms with Gasteiger partial charge in [-0.3, -0.25) is 14.5 Å². The Bertz CT molecular complexity index is 1100. The van der Waals surface area contributed by atoms with Gasteiger partial charge in [-0.05, 0) is 86.6 Å². The van der Waals surface area contributed by atoms with Gasteiger partial charge in [0.1, 0.15) is 5.54 Å². The second kappa shape index (κ2) is 8.12. The van der Waals surface area contributed by atoms with E-state index in [0.717, 1.165) is 42.5 Å². The molecule has 0 radical (unpaired) electrons. The average molecular weight is 433 g/mol. The van der Waals surface area contributed by atoms with Crippen LogP contribution in [0.15, 0.2) is 42.5 Å².